The van der Waals surface area contributed by atoms with E-state index in [1.54, 1.807) is 0 Å². The van der Waals surface area contributed by atoms with Gasteiger partial charge in [-0.1, -0.05) is 44.9 Å². The van der Waals surface area contributed by atoms with Crippen molar-refractivity contribution < 1.29 is 4.74 Å². The van der Waals surface area contributed by atoms with Crippen LogP contribution < -0.4 is 10.1 Å². The summed E-state index contributed by atoms with van der Waals surface area (Å²) in [7, 11) is 0. The maximum absolute atomic E-state index is 5.75. The second kappa shape index (κ2) is 4.93. The fourth-order valence-electron chi connectivity index (χ4n) is 3.38. The minimum atomic E-state index is 0.388. The standard InChI is InChI=1S/C16H23NO/c1-11-6-5-8-14(12(11)2)17-15-10-18-16-9-4-3-7-13(15)16/h3-4,7,9,11-12,14-15,17H,5-6,8,10H2,1-2H3. The van der Waals surface area contributed by atoms with Gasteiger partial charge in [-0.05, 0) is 24.3 Å². The first-order valence-electron chi connectivity index (χ1n) is 7.23. The van der Waals surface area contributed by atoms with Gasteiger partial charge in [-0.15, -0.1) is 0 Å². The Bertz CT molecular complexity index is 417. The minimum Gasteiger partial charge on any atom is -0.491 e. The summed E-state index contributed by atoms with van der Waals surface area (Å²) in [6, 6.07) is 9.45. The normalized spacial score (nSPS) is 35.0. The Balaban J connectivity index is 1.71. The van der Waals surface area contributed by atoms with Gasteiger partial charge in [-0.25, -0.2) is 0 Å². The largest absolute Gasteiger partial charge is 0.491 e. The Morgan fingerprint density at radius 3 is 2.89 bits per heavy atom. The first kappa shape index (κ1) is 12.0. The molecule has 0 bridgehead atoms. The number of benzene rings is 1. The highest BCUT2D eigenvalue weighted by Crippen LogP contribution is 2.35. The van der Waals surface area contributed by atoms with Crippen molar-refractivity contribution in [2.45, 2.75) is 45.2 Å². The molecule has 1 heterocycles. The molecule has 0 radical (unpaired) electrons. The molecule has 0 aromatic heterocycles. The van der Waals surface area contributed by atoms with Crippen LogP contribution in [-0.4, -0.2) is 12.6 Å². The van der Waals surface area contributed by atoms with Crippen LogP contribution >= 0.6 is 0 Å². The van der Waals surface area contributed by atoms with Crippen LogP contribution in [0.3, 0.4) is 0 Å². The van der Waals surface area contributed by atoms with Crippen LogP contribution in [0.25, 0.3) is 0 Å². The number of para-hydroxylation sites is 1. The van der Waals surface area contributed by atoms with Gasteiger partial charge in [-0.2, -0.15) is 0 Å². The maximum Gasteiger partial charge on any atom is 0.124 e. The number of ether oxygens (including phenoxy) is 1. The Kier molecular flexibility index (Phi) is 3.29. The maximum atomic E-state index is 5.75. The van der Waals surface area contributed by atoms with Crippen molar-refractivity contribution in [3.8, 4) is 5.75 Å². The summed E-state index contributed by atoms with van der Waals surface area (Å²) < 4.78 is 5.75. The molecule has 1 fully saturated rings. The third-order valence-electron chi connectivity index (χ3n) is 4.82. The lowest BCUT2D eigenvalue weighted by atomic mass is 9.77. The highest BCUT2D eigenvalue weighted by atomic mass is 16.5. The van der Waals surface area contributed by atoms with Crippen LogP contribution in [0.2, 0.25) is 0 Å². The highest BCUT2D eigenvalue weighted by molar-refractivity contribution is 5.39. The van der Waals surface area contributed by atoms with Crippen LogP contribution in [0.1, 0.15) is 44.7 Å². The summed E-state index contributed by atoms with van der Waals surface area (Å²) in [6.45, 7) is 5.57. The van der Waals surface area contributed by atoms with E-state index >= 15 is 0 Å². The quantitative estimate of drug-likeness (QED) is 0.860. The average Bonchev–Trinajstić information content (AvgIpc) is 2.79. The summed E-state index contributed by atoms with van der Waals surface area (Å²) in [5.74, 6) is 2.67. The SMILES string of the molecule is CC1CCCC(NC2COc3ccccc32)C1C. The van der Waals surface area contributed by atoms with E-state index < -0.39 is 0 Å². The Morgan fingerprint density at radius 1 is 1.17 bits per heavy atom. The molecule has 2 nitrogen and oxygen atoms in total. The molecule has 18 heavy (non-hydrogen) atoms. The molecule has 98 valence electrons. The van der Waals surface area contributed by atoms with Crippen molar-refractivity contribution in [3.05, 3.63) is 29.8 Å². The van der Waals surface area contributed by atoms with Gasteiger partial charge < -0.3 is 10.1 Å². The molecule has 3 rings (SSSR count). The molecule has 1 aliphatic carbocycles. The van der Waals surface area contributed by atoms with Gasteiger partial charge in [0.1, 0.15) is 12.4 Å². The van der Waals surface area contributed by atoms with Crippen LogP contribution in [0.5, 0.6) is 5.75 Å². The lowest BCUT2D eigenvalue weighted by Crippen LogP contribution is -2.42. The van der Waals surface area contributed by atoms with E-state index in [9.17, 15) is 0 Å². The predicted molar refractivity (Wildman–Crippen MR) is 73.8 cm³/mol. The average molecular weight is 245 g/mol. The monoisotopic (exact) mass is 245 g/mol. The van der Waals surface area contributed by atoms with Crippen LogP contribution in [0.15, 0.2) is 24.3 Å². The summed E-state index contributed by atoms with van der Waals surface area (Å²) in [4.78, 5) is 0. The molecule has 2 aliphatic rings. The van der Waals surface area contributed by atoms with Crippen molar-refractivity contribution in [2.75, 3.05) is 6.61 Å². The fraction of sp³-hybridized carbons (Fsp3) is 0.625. The van der Waals surface area contributed by atoms with Crippen LogP contribution in [0, 0.1) is 11.8 Å². The first-order chi connectivity index (χ1) is 8.75. The molecule has 2 heteroatoms. The topological polar surface area (TPSA) is 21.3 Å². The molecular formula is C16H23NO. The smallest absolute Gasteiger partial charge is 0.124 e. The third kappa shape index (κ3) is 2.14. The van der Waals surface area contributed by atoms with E-state index in [0.717, 1.165) is 24.2 Å². The van der Waals surface area contributed by atoms with Crippen LogP contribution in [-0.2, 0) is 0 Å². The summed E-state index contributed by atoms with van der Waals surface area (Å²) >= 11 is 0. The number of hydrogen-bond acceptors (Lipinski definition) is 2. The molecule has 4 atom stereocenters. The van der Waals surface area contributed by atoms with E-state index in [4.69, 9.17) is 4.74 Å². The molecule has 1 aliphatic heterocycles. The zero-order chi connectivity index (χ0) is 12.5. The number of fused-ring (bicyclic) bond motifs is 1. The van der Waals surface area contributed by atoms with Gasteiger partial charge in [0.2, 0.25) is 0 Å². The number of rotatable bonds is 2. The molecule has 1 aromatic rings. The van der Waals surface area contributed by atoms with E-state index in [-0.39, 0.29) is 0 Å². The van der Waals surface area contributed by atoms with Crippen molar-refractivity contribution >= 4 is 0 Å². The number of nitrogens with one attached hydrogen (secondary N) is 1. The van der Waals surface area contributed by atoms with Crippen LogP contribution in [0.4, 0.5) is 0 Å². The van der Waals surface area contributed by atoms with Gasteiger partial charge >= 0.3 is 0 Å². The zero-order valence-corrected chi connectivity index (χ0v) is 11.4. The fourth-order valence-corrected chi connectivity index (χ4v) is 3.38. The Morgan fingerprint density at radius 2 is 2.00 bits per heavy atom. The van der Waals surface area contributed by atoms with Crippen molar-refractivity contribution in [3.63, 3.8) is 0 Å². The van der Waals surface area contributed by atoms with Gasteiger partial charge in [0.05, 0.1) is 6.04 Å². The van der Waals surface area contributed by atoms with Crippen molar-refractivity contribution in [2.24, 2.45) is 11.8 Å². The summed E-state index contributed by atoms with van der Waals surface area (Å²) in [5.41, 5.74) is 1.34. The van der Waals surface area contributed by atoms with Crippen molar-refractivity contribution in [1.29, 1.82) is 0 Å². The number of hydrogen-bond donors (Lipinski definition) is 1. The first-order valence-corrected chi connectivity index (χ1v) is 7.23. The van der Waals surface area contributed by atoms with E-state index in [0.29, 0.717) is 12.1 Å². The van der Waals surface area contributed by atoms with Gasteiger partial charge in [0.15, 0.2) is 0 Å². The van der Waals surface area contributed by atoms with Gasteiger partial charge in [-0.3, -0.25) is 0 Å². The lowest BCUT2D eigenvalue weighted by Gasteiger charge is -2.36. The third-order valence-corrected chi connectivity index (χ3v) is 4.82. The van der Waals surface area contributed by atoms with Crippen molar-refractivity contribution in [1.82, 2.24) is 5.32 Å². The highest BCUT2D eigenvalue weighted by Gasteiger charge is 2.31. The molecule has 1 saturated carbocycles. The predicted octanol–water partition coefficient (Wildman–Crippen LogP) is 3.53. The van der Waals surface area contributed by atoms with Gasteiger partial charge in [0.25, 0.3) is 0 Å². The molecule has 0 amide bonds. The zero-order valence-electron chi connectivity index (χ0n) is 11.4. The molecule has 0 saturated heterocycles. The Hall–Kier alpha value is -1.02. The molecule has 1 N–H and O–H groups in total. The van der Waals surface area contributed by atoms with E-state index in [1.807, 2.05) is 6.07 Å². The van der Waals surface area contributed by atoms with E-state index in [1.165, 1.54) is 24.8 Å². The molecule has 0 spiro atoms. The molecule has 1 aromatic carbocycles. The summed E-state index contributed by atoms with van der Waals surface area (Å²) in [6.07, 6.45) is 4.06. The summed E-state index contributed by atoms with van der Waals surface area (Å²) in [5, 5.41) is 3.83. The second-order valence-electron chi connectivity index (χ2n) is 5.94. The Labute approximate surface area is 110 Å². The lowest BCUT2D eigenvalue weighted by molar-refractivity contribution is 0.183. The second-order valence-corrected chi connectivity index (χ2v) is 5.94. The molecular weight excluding hydrogens is 222 g/mol. The van der Waals surface area contributed by atoms with E-state index in [2.05, 4.69) is 37.4 Å². The minimum absolute atomic E-state index is 0.388. The molecule has 4 unspecified atom stereocenters. The van der Waals surface area contributed by atoms with Gasteiger partial charge in [0, 0.05) is 11.6 Å².